The molecule has 36 heavy (non-hydrogen) atoms. The molecule has 6 aliphatic rings. The predicted octanol–water partition coefficient (Wildman–Crippen LogP) is 4.60. The van der Waals surface area contributed by atoms with Crippen LogP contribution in [0.1, 0.15) is 65.3 Å². The van der Waals surface area contributed by atoms with Gasteiger partial charge < -0.3 is 19.1 Å². The van der Waals surface area contributed by atoms with Gasteiger partial charge in [-0.1, -0.05) is 17.7 Å². The van der Waals surface area contributed by atoms with Gasteiger partial charge >= 0.3 is 0 Å². The number of aliphatic hydroxyl groups is 1. The summed E-state index contributed by atoms with van der Waals surface area (Å²) in [5.74, 6) is 2.52. The number of methoxy groups -OCH3 is 1. The first-order valence-corrected chi connectivity index (χ1v) is 14.0. The molecule has 1 aromatic heterocycles. The van der Waals surface area contributed by atoms with E-state index in [0.717, 1.165) is 69.2 Å². The normalized spacial score (nSPS) is 33.3. The molecule has 1 unspecified atom stereocenters. The molecular formula is C31H34N2O3. The molecule has 2 bridgehead atoms. The number of aromatic nitrogens is 1. The van der Waals surface area contributed by atoms with Crippen molar-refractivity contribution in [1.82, 2.24) is 9.47 Å². The quantitative estimate of drug-likeness (QED) is 0.593. The number of fused-ring (bicyclic) bond motifs is 4. The van der Waals surface area contributed by atoms with Crippen LogP contribution >= 0.6 is 0 Å². The lowest BCUT2D eigenvalue weighted by atomic mass is 9.49. The fourth-order valence-corrected chi connectivity index (χ4v) is 9.23. The Balaban J connectivity index is 1.36. The Labute approximate surface area is 212 Å². The third-order valence-electron chi connectivity index (χ3n) is 10.8. The standard InChI is InChI=1S/C31H34N2O3/c1-17-12-20-4-3-10-33-26(20)21(13-17)22-15-31(34)24-14-19-7-8-23(35-2)28-25(19)30(31,29(36-28)27(22)33)9-11-32(24)16-18-5-6-18/h7-8,12-13,18,24,29,34H,3-6,9-11,14-16H2,1-2H3/t24-,29+,30+,31?/m1/s1. The van der Waals surface area contributed by atoms with E-state index in [9.17, 15) is 5.11 Å². The summed E-state index contributed by atoms with van der Waals surface area (Å²) < 4.78 is 15.5. The highest BCUT2D eigenvalue weighted by molar-refractivity contribution is 5.91. The molecule has 5 nitrogen and oxygen atoms in total. The lowest BCUT2D eigenvalue weighted by Crippen LogP contribution is -2.74. The third kappa shape index (κ3) is 2.20. The maximum absolute atomic E-state index is 13.1. The highest BCUT2D eigenvalue weighted by Crippen LogP contribution is 2.69. The van der Waals surface area contributed by atoms with E-state index in [1.807, 2.05) is 0 Å². The van der Waals surface area contributed by atoms with Crippen LogP contribution in [-0.4, -0.2) is 46.4 Å². The largest absolute Gasteiger partial charge is 0.493 e. The molecule has 4 atom stereocenters. The molecule has 2 fully saturated rings. The van der Waals surface area contributed by atoms with Crippen molar-refractivity contribution in [3.8, 4) is 11.5 Å². The number of rotatable bonds is 3. The van der Waals surface area contributed by atoms with Gasteiger partial charge in [-0.2, -0.15) is 0 Å². The smallest absolute Gasteiger partial charge is 0.166 e. The molecule has 1 spiro atoms. The minimum Gasteiger partial charge on any atom is -0.493 e. The zero-order chi connectivity index (χ0) is 24.0. The fourth-order valence-electron chi connectivity index (χ4n) is 9.23. The van der Waals surface area contributed by atoms with Crippen LogP contribution in [-0.2, 0) is 31.2 Å². The third-order valence-corrected chi connectivity index (χ3v) is 10.8. The van der Waals surface area contributed by atoms with Crippen LogP contribution in [0.4, 0.5) is 0 Å². The van der Waals surface area contributed by atoms with Crippen molar-refractivity contribution in [2.24, 2.45) is 5.92 Å². The van der Waals surface area contributed by atoms with Gasteiger partial charge in [0, 0.05) is 36.5 Å². The van der Waals surface area contributed by atoms with E-state index in [1.165, 1.54) is 57.3 Å². The van der Waals surface area contributed by atoms with E-state index in [4.69, 9.17) is 9.47 Å². The van der Waals surface area contributed by atoms with E-state index < -0.39 is 11.0 Å². The molecule has 2 aromatic carbocycles. The number of benzene rings is 2. The van der Waals surface area contributed by atoms with Gasteiger partial charge in [0.1, 0.15) is 0 Å². The van der Waals surface area contributed by atoms with Crippen molar-refractivity contribution in [2.45, 2.75) is 81.6 Å². The second-order valence-electron chi connectivity index (χ2n) is 12.5. The molecule has 186 valence electrons. The predicted molar refractivity (Wildman–Crippen MR) is 138 cm³/mol. The van der Waals surface area contributed by atoms with E-state index in [0.29, 0.717) is 0 Å². The molecule has 1 N–H and O–H groups in total. The van der Waals surface area contributed by atoms with E-state index in [2.05, 4.69) is 40.7 Å². The fraction of sp³-hybridized carbons (Fsp3) is 0.548. The van der Waals surface area contributed by atoms with Crippen molar-refractivity contribution in [3.63, 3.8) is 0 Å². The van der Waals surface area contributed by atoms with Crippen molar-refractivity contribution in [2.75, 3.05) is 20.2 Å². The second kappa shape index (κ2) is 6.49. The van der Waals surface area contributed by atoms with Crippen LogP contribution in [0.2, 0.25) is 0 Å². The Morgan fingerprint density at radius 2 is 2.06 bits per heavy atom. The molecule has 3 aliphatic carbocycles. The topological polar surface area (TPSA) is 46.9 Å². The average Bonchev–Trinajstić information content (AvgIpc) is 3.54. The molecule has 9 rings (SSSR count). The van der Waals surface area contributed by atoms with Crippen LogP contribution in [0.5, 0.6) is 11.5 Å². The first kappa shape index (κ1) is 20.5. The number of aryl methyl sites for hydroxylation is 3. The first-order valence-electron chi connectivity index (χ1n) is 14.0. The van der Waals surface area contributed by atoms with E-state index in [-0.39, 0.29) is 12.1 Å². The number of piperidine rings is 1. The van der Waals surface area contributed by atoms with Gasteiger partial charge in [-0.3, -0.25) is 4.90 Å². The zero-order valence-corrected chi connectivity index (χ0v) is 21.3. The Morgan fingerprint density at radius 3 is 2.89 bits per heavy atom. The van der Waals surface area contributed by atoms with Gasteiger partial charge in [-0.05, 0) is 86.7 Å². The van der Waals surface area contributed by atoms with Crippen LogP contribution in [0.15, 0.2) is 24.3 Å². The van der Waals surface area contributed by atoms with Crippen molar-refractivity contribution in [3.05, 3.63) is 57.8 Å². The summed E-state index contributed by atoms with van der Waals surface area (Å²) in [6.07, 6.45) is 7.38. The highest BCUT2D eigenvalue weighted by Gasteiger charge is 2.73. The van der Waals surface area contributed by atoms with Gasteiger partial charge in [-0.15, -0.1) is 0 Å². The van der Waals surface area contributed by atoms with E-state index >= 15 is 0 Å². The number of hydrogen-bond acceptors (Lipinski definition) is 4. The van der Waals surface area contributed by atoms with Gasteiger partial charge in [0.15, 0.2) is 17.6 Å². The molecule has 3 aromatic rings. The van der Waals surface area contributed by atoms with Crippen LogP contribution in [0.25, 0.3) is 10.9 Å². The maximum Gasteiger partial charge on any atom is 0.166 e. The van der Waals surface area contributed by atoms with Crippen molar-refractivity contribution >= 4 is 10.9 Å². The monoisotopic (exact) mass is 482 g/mol. The second-order valence-corrected chi connectivity index (χ2v) is 12.5. The SMILES string of the molecule is COc1ccc2c3c1O[C@H]1c4c(c5cc(C)cc6c5n4CCC6)CC4(O)[C@@H](C2)N(CC2CC2)CC[C@]314. The van der Waals surface area contributed by atoms with Crippen molar-refractivity contribution < 1.29 is 14.6 Å². The summed E-state index contributed by atoms with van der Waals surface area (Å²) in [5, 5.41) is 14.5. The molecule has 1 saturated heterocycles. The van der Waals surface area contributed by atoms with Gasteiger partial charge in [0.25, 0.3) is 0 Å². The summed E-state index contributed by atoms with van der Waals surface area (Å²) in [5.41, 5.74) is 8.21. The van der Waals surface area contributed by atoms with Gasteiger partial charge in [-0.25, -0.2) is 0 Å². The summed E-state index contributed by atoms with van der Waals surface area (Å²) >= 11 is 0. The van der Waals surface area contributed by atoms with Crippen LogP contribution in [0.3, 0.4) is 0 Å². The van der Waals surface area contributed by atoms with Crippen LogP contribution in [0, 0.1) is 12.8 Å². The molecule has 3 aliphatic heterocycles. The first-order chi connectivity index (χ1) is 17.5. The molecule has 0 radical (unpaired) electrons. The molecule has 5 heteroatoms. The molecule has 4 heterocycles. The van der Waals surface area contributed by atoms with E-state index in [1.54, 1.807) is 7.11 Å². The Hall–Kier alpha value is -2.50. The molecular weight excluding hydrogens is 448 g/mol. The number of hydrogen-bond donors (Lipinski definition) is 1. The zero-order valence-electron chi connectivity index (χ0n) is 21.3. The number of nitrogens with zero attached hydrogens (tertiary/aromatic N) is 2. The van der Waals surface area contributed by atoms with Crippen LogP contribution < -0.4 is 9.47 Å². The minimum atomic E-state index is -0.848. The number of ether oxygens (including phenoxy) is 2. The molecule has 0 amide bonds. The lowest BCUT2D eigenvalue weighted by molar-refractivity contribution is -0.173. The summed E-state index contributed by atoms with van der Waals surface area (Å²) in [6, 6.07) is 9.23. The van der Waals surface area contributed by atoms with Crippen molar-refractivity contribution in [1.29, 1.82) is 0 Å². The highest BCUT2D eigenvalue weighted by atomic mass is 16.5. The lowest BCUT2D eigenvalue weighted by Gasteiger charge is -2.63. The Morgan fingerprint density at radius 1 is 1.17 bits per heavy atom. The average molecular weight is 483 g/mol. The summed E-state index contributed by atoms with van der Waals surface area (Å²) in [6.45, 7) is 5.43. The van der Waals surface area contributed by atoms with Gasteiger partial charge in [0.2, 0.25) is 0 Å². The molecule has 1 saturated carbocycles. The minimum absolute atomic E-state index is 0.130. The van der Waals surface area contributed by atoms with Gasteiger partial charge in [0.05, 0.1) is 29.3 Å². The summed E-state index contributed by atoms with van der Waals surface area (Å²) in [4.78, 5) is 2.66. The maximum atomic E-state index is 13.1. The Bertz CT molecular complexity index is 1490. The summed E-state index contributed by atoms with van der Waals surface area (Å²) in [7, 11) is 1.74. The Kier molecular flexibility index (Phi) is 3.70. The number of likely N-dealkylation sites (tertiary alicyclic amines) is 1.